The molecule has 0 spiro atoms. The number of rotatable bonds is 8. The molecule has 29 heavy (non-hydrogen) atoms. The SMILES string of the molecule is CC(OP(=O)(O)OP(=O)(O)OP(=O)(O)O)[C@H]1O[C@@H](n2ccc(=O)[nH]c2=O)C[C@@H]1O. The zero-order valence-electron chi connectivity index (χ0n) is 14.4. The van der Waals surface area contributed by atoms with E-state index < -0.39 is 59.3 Å². The third-order valence-corrected chi connectivity index (χ3v) is 7.40. The highest BCUT2D eigenvalue weighted by Gasteiger charge is 2.45. The molecule has 0 aliphatic carbocycles. The minimum Gasteiger partial charge on any atom is -0.390 e. The van der Waals surface area contributed by atoms with Gasteiger partial charge in [0.05, 0.1) is 12.2 Å². The van der Waals surface area contributed by atoms with Crippen LogP contribution in [-0.2, 0) is 31.6 Å². The van der Waals surface area contributed by atoms with Crippen LogP contribution in [0.25, 0.3) is 0 Å². The first kappa shape index (κ1) is 24.3. The van der Waals surface area contributed by atoms with Gasteiger partial charge in [-0.2, -0.15) is 8.62 Å². The van der Waals surface area contributed by atoms with E-state index in [2.05, 4.69) is 13.1 Å². The van der Waals surface area contributed by atoms with Gasteiger partial charge in [-0.25, -0.2) is 18.5 Å². The fourth-order valence-electron chi connectivity index (χ4n) is 2.49. The van der Waals surface area contributed by atoms with E-state index in [4.69, 9.17) is 19.4 Å². The molecule has 0 aromatic carbocycles. The van der Waals surface area contributed by atoms with Crippen molar-refractivity contribution >= 4 is 23.5 Å². The lowest BCUT2D eigenvalue weighted by Crippen LogP contribution is -2.34. The van der Waals surface area contributed by atoms with Crippen LogP contribution in [0.5, 0.6) is 0 Å². The van der Waals surface area contributed by atoms with Crippen LogP contribution in [0.2, 0.25) is 0 Å². The Labute approximate surface area is 161 Å². The van der Waals surface area contributed by atoms with Gasteiger partial charge in [0, 0.05) is 18.7 Å². The maximum absolute atomic E-state index is 11.8. The Morgan fingerprint density at radius 1 is 1.17 bits per heavy atom. The van der Waals surface area contributed by atoms with Crippen LogP contribution in [0.4, 0.5) is 0 Å². The molecular formula is C10H17N2O14P3. The molecule has 6 atom stereocenters. The number of phosphoric acid groups is 3. The second-order valence-electron chi connectivity index (χ2n) is 5.78. The van der Waals surface area contributed by atoms with Crippen molar-refractivity contribution in [3.05, 3.63) is 33.1 Å². The smallest absolute Gasteiger partial charge is 0.390 e. The molecule has 0 bridgehead atoms. The highest BCUT2D eigenvalue weighted by molar-refractivity contribution is 7.66. The van der Waals surface area contributed by atoms with Crippen LogP contribution in [0, 0.1) is 0 Å². The second kappa shape index (κ2) is 8.63. The van der Waals surface area contributed by atoms with Crippen molar-refractivity contribution < 1.29 is 56.3 Å². The minimum absolute atomic E-state index is 0.180. The van der Waals surface area contributed by atoms with Crippen molar-refractivity contribution in [2.45, 2.75) is 37.9 Å². The molecule has 1 aliphatic heterocycles. The van der Waals surface area contributed by atoms with E-state index in [0.717, 1.165) is 23.8 Å². The maximum Gasteiger partial charge on any atom is 0.490 e. The van der Waals surface area contributed by atoms with Gasteiger partial charge in [-0.3, -0.25) is 18.9 Å². The van der Waals surface area contributed by atoms with E-state index in [1.165, 1.54) is 0 Å². The third kappa shape index (κ3) is 7.03. The van der Waals surface area contributed by atoms with Crippen LogP contribution in [-0.4, -0.2) is 52.5 Å². The van der Waals surface area contributed by atoms with Gasteiger partial charge in [-0.05, 0) is 6.92 Å². The number of hydrogen-bond acceptors (Lipinski definition) is 10. The Bertz CT molecular complexity index is 998. The topological polar surface area (TPSA) is 244 Å². The molecule has 2 heterocycles. The molecule has 2 rings (SSSR count). The van der Waals surface area contributed by atoms with Crippen molar-refractivity contribution in [3.63, 3.8) is 0 Å². The zero-order chi connectivity index (χ0) is 22.2. The van der Waals surface area contributed by atoms with E-state index in [-0.39, 0.29) is 6.42 Å². The van der Waals surface area contributed by atoms with Gasteiger partial charge >= 0.3 is 29.2 Å². The zero-order valence-corrected chi connectivity index (χ0v) is 17.1. The lowest BCUT2D eigenvalue weighted by molar-refractivity contribution is -0.0747. The summed E-state index contributed by atoms with van der Waals surface area (Å²) < 4.78 is 51.8. The lowest BCUT2D eigenvalue weighted by atomic mass is 10.1. The summed E-state index contributed by atoms with van der Waals surface area (Å²) in [6, 6.07) is 1.03. The molecule has 1 aromatic rings. The Balaban J connectivity index is 2.08. The highest BCUT2D eigenvalue weighted by Crippen LogP contribution is 2.66. The van der Waals surface area contributed by atoms with Gasteiger partial charge in [-0.1, -0.05) is 0 Å². The molecule has 16 nitrogen and oxygen atoms in total. The molecular weight excluding hydrogens is 465 g/mol. The molecule has 0 amide bonds. The van der Waals surface area contributed by atoms with Crippen molar-refractivity contribution in [2.75, 3.05) is 0 Å². The summed E-state index contributed by atoms with van der Waals surface area (Å²) in [4.78, 5) is 60.5. The summed E-state index contributed by atoms with van der Waals surface area (Å²) in [6.07, 6.45) is -4.29. The molecule has 1 aliphatic rings. The largest absolute Gasteiger partial charge is 0.490 e. The van der Waals surface area contributed by atoms with Crippen molar-refractivity contribution in [3.8, 4) is 0 Å². The Kier molecular flexibility index (Phi) is 7.23. The summed E-state index contributed by atoms with van der Waals surface area (Å²) in [6.45, 7) is 1.12. The summed E-state index contributed by atoms with van der Waals surface area (Å²) in [5, 5.41) is 10.1. The predicted molar refractivity (Wildman–Crippen MR) is 90.3 cm³/mol. The van der Waals surface area contributed by atoms with Gasteiger partial charge in [-0.15, -0.1) is 0 Å². The number of ether oxygens (including phenoxy) is 1. The van der Waals surface area contributed by atoms with Crippen LogP contribution in [0.3, 0.4) is 0 Å². The molecule has 166 valence electrons. The van der Waals surface area contributed by atoms with Crippen LogP contribution < -0.4 is 11.2 Å². The number of phosphoric ester groups is 1. The summed E-state index contributed by atoms with van der Waals surface area (Å²) in [7, 11) is -16.7. The summed E-state index contributed by atoms with van der Waals surface area (Å²) >= 11 is 0. The molecule has 6 N–H and O–H groups in total. The number of nitrogens with zero attached hydrogens (tertiary/aromatic N) is 1. The monoisotopic (exact) mass is 482 g/mol. The van der Waals surface area contributed by atoms with Gasteiger partial charge in [0.1, 0.15) is 12.3 Å². The quantitative estimate of drug-likeness (QED) is 0.241. The second-order valence-corrected chi connectivity index (χ2v) is 10.1. The molecule has 0 radical (unpaired) electrons. The number of H-pyrrole nitrogens is 1. The predicted octanol–water partition coefficient (Wildman–Crippen LogP) is -1.08. The first-order chi connectivity index (χ1) is 13.1. The van der Waals surface area contributed by atoms with Crippen LogP contribution in [0.1, 0.15) is 19.6 Å². The van der Waals surface area contributed by atoms with Crippen molar-refractivity contribution in [1.82, 2.24) is 9.55 Å². The normalized spacial score (nSPS) is 27.9. The lowest BCUT2D eigenvalue weighted by Gasteiger charge is -2.25. The third-order valence-electron chi connectivity index (χ3n) is 3.48. The van der Waals surface area contributed by atoms with Gasteiger partial charge in [0.25, 0.3) is 5.56 Å². The molecule has 1 aromatic heterocycles. The van der Waals surface area contributed by atoms with E-state index in [1.807, 2.05) is 4.98 Å². The minimum atomic E-state index is -5.69. The number of aliphatic hydroxyl groups excluding tert-OH is 1. The Morgan fingerprint density at radius 2 is 1.79 bits per heavy atom. The fourth-order valence-corrected chi connectivity index (χ4v) is 5.69. The number of nitrogens with one attached hydrogen (secondary N) is 1. The van der Waals surface area contributed by atoms with Crippen LogP contribution in [0.15, 0.2) is 21.9 Å². The van der Waals surface area contributed by atoms with E-state index in [0.29, 0.717) is 0 Å². The summed E-state index contributed by atoms with van der Waals surface area (Å²) in [5.74, 6) is 0. The molecule has 19 heteroatoms. The fraction of sp³-hybridized carbons (Fsp3) is 0.600. The van der Waals surface area contributed by atoms with E-state index >= 15 is 0 Å². The van der Waals surface area contributed by atoms with E-state index in [9.17, 15) is 33.3 Å². The Morgan fingerprint density at radius 3 is 2.34 bits per heavy atom. The maximum atomic E-state index is 11.8. The molecule has 0 saturated carbocycles. The van der Waals surface area contributed by atoms with E-state index in [1.54, 1.807) is 0 Å². The first-order valence-electron chi connectivity index (χ1n) is 7.56. The highest BCUT2D eigenvalue weighted by atomic mass is 31.3. The first-order valence-corrected chi connectivity index (χ1v) is 12.1. The molecule has 3 unspecified atom stereocenters. The number of aromatic amines is 1. The van der Waals surface area contributed by atoms with Gasteiger partial charge < -0.3 is 29.4 Å². The van der Waals surface area contributed by atoms with Crippen LogP contribution >= 0.6 is 23.5 Å². The number of aromatic nitrogens is 2. The van der Waals surface area contributed by atoms with Crippen molar-refractivity contribution in [2.24, 2.45) is 0 Å². The standard InChI is InChI=1S/C10H17N2O14P3/c1-5(24-28(19,20)26-29(21,22)25-27(16,17)18)9-6(13)4-8(23-9)12-3-2-7(14)11-10(12)15/h2-3,5-6,8-9,13H,4H2,1H3,(H,19,20)(H,21,22)(H,11,14,15)(H2,16,17,18)/t5?,6-,8+,9+/m0/s1. The van der Waals surface area contributed by atoms with Gasteiger partial charge in [0.2, 0.25) is 0 Å². The average molecular weight is 482 g/mol. The number of hydrogen-bond donors (Lipinski definition) is 6. The molecule has 1 saturated heterocycles. The Hall–Kier alpha value is -0.990. The number of aliphatic hydroxyl groups is 1. The molecule has 1 fully saturated rings. The van der Waals surface area contributed by atoms with Crippen molar-refractivity contribution in [1.29, 1.82) is 0 Å². The average Bonchev–Trinajstić information content (AvgIpc) is 2.84. The van der Waals surface area contributed by atoms with Gasteiger partial charge in [0.15, 0.2) is 0 Å². The summed E-state index contributed by atoms with van der Waals surface area (Å²) in [5.41, 5.74) is -1.50.